The number of amides is 1. The van der Waals surface area contributed by atoms with Crippen LogP contribution < -0.4 is 10.6 Å². The number of aromatic nitrogens is 1. The number of rotatable bonds is 4. The van der Waals surface area contributed by atoms with E-state index in [-0.39, 0.29) is 12.8 Å². The molecule has 1 amide bonds. The Balaban J connectivity index is 1.87. The molecule has 6 nitrogen and oxygen atoms in total. The van der Waals surface area contributed by atoms with Gasteiger partial charge in [0.15, 0.2) is 14.6 Å². The molecule has 1 saturated heterocycles. The van der Waals surface area contributed by atoms with E-state index in [2.05, 4.69) is 15.6 Å². The van der Waals surface area contributed by atoms with Crippen LogP contribution in [0, 0.1) is 6.92 Å². The van der Waals surface area contributed by atoms with Gasteiger partial charge in [0.25, 0.3) is 0 Å². The lowest BCUT2D eigenvalue weighted by Gasteiger charge is -2.34. The van der Waals surface area contributed by atoms with Gasteiger partial charge >= 0.3 is 0 Å². The lowest BCUT2D eigenvalue weighted by molar-refractivity contribution is -0.119. The van der Waals surface area contributed by atoms with Crippen molar-refractivity contribution in [2.75, 3.05) is 24.7 Å². The summed E-state index contributed by atoms with van der Waals surface area (Å²) in [6.45, 7) is 2.95. The maximum atomic E-state index is 12.9. The summed E-state index contributed by atoms with van der Waals surface area (Å²) in [6, 6.07) is 7.34. The molecule has 3 rings (SSSR count). The summed E-state index contributed by atoms with van der Waals surface area (Å²) >= 11 is 1.53. The Labute approximate surface area is 151 Å². The lowest BCUT2D eigenvalue weighted by atomic mass is 9.95. The average Bonchev–Trinajstić information content (AvgIpc) is 3.01. The molecule has 0 saturated carbocycles. The highest BCUT2D eigenvalue weighted by Gasteiger charge is 2.48. The fraction of sp³-hybridized carbons (Fsp3) is 0.412. The summed E-state index contributed by atoms with van der Waals surface area (Å²) in [6.07, 6.45) is 1.71. The van der Waals surface area contributed by atoms with E-state index in [1.54, 1.807) is 6.07 Å². The molecule has 1 fully saturated rings. The molecule has 1 aromatic carbocycles. The third-order valence-electron chi connectivity index (χ3n) is 4.52. The third-order valence-corrected chi connectivity index (χ3v) is 7.54. The van der Waals surface area contributed by atoms with Crippen molar-refractivity contribution in [1.29, 1.82) is 0 Å². The fourth-order valence-electron chi connectivity index (χ4n) is 3.06. The van der Waals surface area contributed by atoms with Crippen LogP contribution in [-0.4, -0.2) is 43.4 Å². The van der Waals surface area contributed by atoms with Gasteiger partial charge in [0, 0.05) is 28.6 Å². The number of hydrogen-bond acceptors (Lipinski definition) is 6. The topological polar surface area (TPSA) is 88.2 Å². The van der Waals surface area contributed by atoms with Crippen molar-refractivity contribution in [2.45, 2.75) is 24.5 Å². The molecule has 1 aromatic heterocycles. The number of nitrogens with zero attached hydrogens (tertiary/aromatic N) is 1. The number of sulfone groups is 1. The zero-order chi connectivity index (χ0) is 18.1. The van der Waals surface area contributed by atoms with Crippen molar-refractivity contribution >= 4 is 32.8 Å². The molecule has 2 N–H and O–H groups in total. The van der Waals surface area contributed by atoms with E-state index >= 15 is 0 Å². The van der Waals surface area contributed by atoms with Crippen molar-refractivity contribution in [3.63, 3.8) is 0 Å². The zero-order valence-corrected chi connectivity index (χ0v) is 15.8. The van der Waals surface area contributed by atoms with Gasteiger partial charge in [-0.3, -0.25) is 4.79 Å². The molecular formula is C17H21N3O3S2. The number of thiazole rings is 1. The summed E-state index contributed by atoms with van der Waals surface area (Å²) in [5.74, 6) is -0.455. The second-order valence-corrected chi connectivity index (χ2v) is 9.53. The maximum absolute atomic E-state index is 12.9. The smallest absolute Gasteiger partial charge is 0.245 e. The van der Waals surface area contributed by atoms with Crippen LogP contribution >= 0.6 is 11.3 Å². The van der Waals surface area contributed by atoms with Gasteiger partial charge < -0.3 is 10.6 Å². The maximum Gasteiger partial charge on any atom is 0.245 e. The van der Waals surface area contributed by atoms with Crippen LogP contribution in [0.5, 0.6) is 0 Å². The molecule has 0 aliphatic carbocycles. The van der Waals surface area contributed by atoms with Crippen LogP contribution in [0.3, 0.4) is 0 Å². The second kappa shape index (κ2) is 6.86. The molecule has 2 heterocycles. The number of aryl methyl sites for hydroxylation is 1. The van der Waals surface area contributed by atoms with E-state index in [4.69, 9.17) is 0 Å². The monoisotopic (exact) mass is 379 g/mol. The number of anilines is 1. The van der Waals surface area contributed by atoms with Crippen molar-refractivity contribution in [3.05, 3.63) is 35.3 Å². The molecule has 25 heavy (non-hydrogen) atoms. The van der Waals surface area contributed by atoms with E-state index in [1.807, 2.05) is 30.5 Å². The highest BCUT2D eigenvalue weighted by Crippen LogP contribution is 2.31. The summed E-state index contributed by atoms with van der Waals surface area (Å²) in [5, 5.41) is 8.75. The third kappa shape index (κ3) is 3.61. The summed E-state index contributed by atoms with van der Waals surface area (Å²) in [4.78, 5) is 17.3. The van der Waals surface area contributed by atoms with Crippen molar-refractivity contribution in [2.24, 2.45) is 0 Å². The van der Waals surface area contributed by atoms with E-state index in [0.717, 1.165) is 22.5 Å². The Morgan fingerprint density at radius 2 is 2.04 bits per heavy atom. The van der Waals surface area contributed by atoms with Gasteiger partial charge in [0.2, 0.25) is 5.91 Å². The van der Waals surface area contributed by atoms with Gasteiger partial charge in [-0.2, -0.15) is 0 Å². The van der Waals surface area contributed by atoms with E-state index < -0.39 is 20.5 Å². The minimum absolute atomic E-state index is 0.281. The Hall–Kier alpha value is -1.77. The average molecular weight is 380 g/mol. The van der Waals surface area contributed by atoms with Crippen LogP contribution in [0.2, 0.25) is 0 Å². The predicted octanol–water partition coefficient (Wildman–Crippen LogP) is 2.22. The first-order chi connectivity index (χ1) is 11.8. The second-order valence-electron chi connectivity index (χ2n) is 6.35. The molecule has 8 heteroatoms. The molecule has 2 aromatic rings. The molecule has 0 unspecified atom stereocenters. The Kier molecular flexibility index (Phi) is 4.95. The predicted molar refractivity (Wildman–Crippen MR) is 101 cm³/mol. The molecule has 1 aliphatic heterocycles. The lowest BCUT2D eigenvalue weighted by Crippen LogP contribution is -2.55. The summed E-state index contributed by atoms with van der Waals surface area (Å²) in [7, 11) is -3.53. The highest BCUT2D eigenvalue weighted by atomic mass is 32.2. The summed E-state index contributed by atoms with van der Waals surface area (Å²) < 4.78 is 23.3. The molecule has 0 atom stereocenters. The Bertz CT molecular complexity index is 884. The van der Waals surface area contributed by atoms with Crippen LogP contribution in [0.25, 0.3) is 10.6 Å². The van der Waals surface area contributed by atoms with E-state index in [0.29, 0.717) is 18.8 Å². The van der Waals surface area contributed by atoms with E-state index in [9.17, 15) is 13.2 Å². The van der Waals surface area contributed by atoms with Crippen molar-refractivity contribution < 1.29 is 13.2 Å². The van der Waals surface area contributed by atoms with Gasteiger partial charge in [-0.15, -0.1) is 11.3 Å². The van der Waals surface area contributed by atoms with Gasteiger partial charge in [0.05, 0.1) is 0 Å². The summed E-state index contributed by atoms with van der Waals surface area (Å²) in [5.41, 5.74) is 2.42. The molecule has 0 radical (unpaired) electrons. The highest BCUT2D eigenvalue weighted by molar-refractivity contribution is 7.92. The fourth-order valence-corrected chi connectivity index (χ4v) is 5.19. The number of carbonyl (C=O) groups is 1. The van der Waals surface area contributed by atoms with Crippen molar-refractivity contribution in [3.8, 4) is 10.6 Å². The number of hydrogen-bond donors (Lipinski definition) is 2. The van der Waals surface area contributed by atoms with E-state index in [1.165, 1.54) is 11.3 Å². The standard InChI is InChI=1S/C17H21N3O3S2/c1-12-11-24-15(19-12)13-4-3-5-14(10-13)20-16(21)17(25(2,22)23)6-8-18-9-7-17/h3-5,10-11,18H,6-9H2,1-2H3,(H,20,21). The van der Waals surface area contributed by atoms with Gasteiger partial charge in [-0.25, -0.2) is 13.4 Å². The van der Waals surface area contributed by atoms with Crippen LogP contribution in [0.1, 0.15) is 18.5 Å². The number of carbonyl (C=O) groups excluding carboxylic acids is 1. The first-order valence-electron chi connectivity index (χ1n) is 8.06. The zero-order valence-electron chi connectivity index (χ0n) is 14.2. The minimum atomic E-state index is -3.53. The Morgan fingerprint density at radius 3 is 2.64 bits per heavy atom. The SMILES string of the molecule is Cc1csc(-c2cccc(NC(=O)C3(S(C)(=O)=O)CCNCC3)c2)n1. The van der Waals surface area contributed by atoms with Crippen LogP contribution in [0.15, 0.2) is 29.6 Å². The molecule has 0 spiro atoms. The minimum Gasteiger partial charge on any atom is -0.325 e. The normalized spacial score (nSPS) is 17.2. The largest absolute Gasteiger partial charge is 0.325 e. The van der Waals surface area contributed by atoms with Crippen molar-refractivity contribution in [1.82, 2.24) is 10.3 Å². The van der Waals surface area contributed by atoms with Gasteiger partial charge in [0.1, 0.15) is 5.01 Å². The van der Waals surface area contributed by atoms with Crippen LogP contribution in [0.4, 0.5) is 5.69 Å². The van der Waals surface area contributed by atoms with Gasteiger partial charge in [-0.1, -0.05) is 12.1 Å². The first-order valence-corrected chi connectivity index (χ1v) is 10.8. The Morgan fingerprint density at radius 1 is 1.32 bits per heavy atom. The first kappa shape index (κ1) is 18.0. The molecular weight excluding hydrogens is 358 g/mol. The molecule has 0 bridgehead atoms. The van der Waals surface area contributed by atoms with Gasteiger partial charge in [-0.05, 0) is 45.0 Å². The number of piperidine rings is 1. The quantitative estimate of drug-likeness (QED) is 0.850. The number of nitrogens with one attached hydrogen (secondary N) is 2. The molecule has 134 valence electrons. The number of benzene rings is 1. The van der Waals surface area contributed by atoms with Crippen LogP contribution in [-0.2, 0) is 14.6 Å². The molecule has 1 aliphatic rings.